The van der Waals surface area contributed by atoms with Crippen molar-refractivity contribution in [2.24, 2.45) is 0 Å². The van der Waals surface area contributed by atoms with Gasteiger partial charge in [0.15, 0.2) is 0 Å². The van der Waals surface area contributed by atoms with E-state index in [9.17, 15) is 4.79 Å². The van der Waals surface area contributed by atoms with Gasteiger partial charge in [-0.25, -0.2) is 0 Å². The van der Waals surface area contributed by atoms with Crippen molar-refractivity contribution in [3.05, 3.63) is 42.0 Å². The average Bonchev–Trinajstić information content (AvgIpc) is 2.27. The van der Waals surface area contributed by atoms with Crippen LogP contribution in [0.3, 0.4) is 0 Å². The van der Waals surface area contributed by atoms with Crippen LogP contribution < -0.4 is 5.32 Å². The molecule has 1 rings (SSSR count). The maximum atomic E-state index is 10.6. The summed E-state index contributed by atoms with van der Waals surface area (Å²) >= 11 is 4.99. The summed E-state index contributed by atoms with van der Waals surface area (Å²) in [6, 6.07) is 9.00. The van der Waals surface area contributed by atoms with E-state index < -0.39 is 12.0 Å². The van der Waals surface area contributed by atoms with E-state index in [-0.39, 0.29) is 0 Å². The van der Waals surface area contributed by atoms with Gasteiger partial charge >= 0.3 is 5.97 Å². The minimum Gasteiger partial charge on any atom is -0.480 e. The van der Waals surface area contributed by atoms with Gasteiger partial charge in [0.2, 0.25) is 0 Å². The molecule has 2 N–H and O–H groups in total. The van der Waals surface area contributed by atoms with Crippen molar-refractivity contribution in [3.8, 4) is 0 Å². The zero-order valence-corrected chi connectivity index (χ0v) is 9.70. The molecule has 0 spiro atoms. The van der Waals surface area contributed by atoms with E-state index in [1.807, 2.05) is 36.4 Å². The van der Waals surface area contributed by atoms with E-state index in [0.717, 1.165) is 5.56 Å². The van der Waals surface area contributed by atoms with E-state index in [1.165, 1.54) is 0 Å². The van der Waals surface area contributed by atoms with Crippen LogP contribution in [0.1, 0.15) is 12.5 Å². The van der Waals surface area contributed by atoms with Gasteiger partial charge < -0.3 is 10.4 Å². The maximum absolute atomic E-state index is 10.6. The summed E-state index contributed by atoms with van der Waals surface area (Å²) in [5.41, 5.74) is 1.02. The third kappa shape index (κ3) is 4.23. The minimum absolute atomic E-state index is 0.416. The number of carboxylic acid groups (broad SMARTS) is 1. The molecule has 3 nitrogen and oxygen atoms in total. The number of rotatable bonds is 4. The molecule has 1 atom stereocenters. The number of hydrogen-bond acceptors (Lipinski definition) is 2. The van der Waals surface area contributed by atoms with Crippen LogP contribution in [0, 0.1) is 0 Å². The molecule has 0 aliphatic heterocycles. The standard InChI is InChI=1S/C12H13NO2S/c1-9(12(14)15)13-11(16)8-7-10-5-3-2-4-6-10/h2-9H,1H3,(H,13,16)(H,14,15)/b8-7+/t9-/m0/s1. The molecule has 0 heterocycles. The highest BCUT2D eigenvalue weighted by Crippen LogP contribution is 2.00. The number of nitrogens with one attached hydrogen (secondary N) is 1. The molecule has 0 saturated heterocycles. The number of hydrogen-bond donors (Lipinski definition) is 2. The molecule has 0 saturated carbocycles. The summed E-state index contributed by atoms with van der Waals surface area (Å²) < 4.78 is 0. The Morgan fingerprint density at radius 3 is 2.62 bits per heavy atom. The summed E-state index contributed by atoms with van der Waals surface area (Å²) in [6.07, 6.45) is 3.52. The minimum atomic E-state index is -0.921. The van der Waals surface area contributed by atoms with Crippen LogP contribution in [-0.2, 0) is 4.79 Å². The van der Waals surface area contributed by atoms with Gasteiger partial charge in [-0.15, -0.1) is 0 Å². The summed E-state index contributed by atoms with van der Waals surface area (Å²) in [7, 11) is 0. The van der Waals surface area contributed by atoms with Crippen molar-refractivity contribution in [1.29, 1.82) is 0 Å². The molecule has 0 unspecified atom stereocenters. The SMILES string of the molecule is C[C@H](NC(=S)/C=C/c1ccccc1)C(=O)O. The Balaban J connectivity index is 2.52. The Morgan fingerprint density at radius 2 is 2.06 bits per heavy atom. The summed E-state index contributed by atoms with van der Waals surface area (Å²) in [4.78, 5) is 11.0. The Labute approximate surface area is 99.8 Å². The Bertz CT molecular complexity index is 401. The van der Waals surface area contributed by atoms with Crippen molar-refractivity contribution in [2.75, 3.05) is 0 Å². The van der Waals surface area contributed by atoms with Crippen LogP contribution in [0.25, 0.3) is 6.08 Å². The highest BCUT2D eigenvalue weighted by Gasteiger charge is 2.09. The highest BCUT2D eigenvalue weighted by atomic mass is 32.1. The fourth-order valence-corrected chi connectivity index (χ4v) is 1.30. The number of carbonyl (C=O) groups is 1. The second-order valence-corrected chi connectivity index (χ2v) is 3.75. The van der Waals surface area contributed by atoms with Crippen LogP contribution in [0.4, 0.5) is 0 Å². The molecular formula is C12H13NO2S. The monoisotopic (exact) mass is 235 g/mol. The summed E-state index contributed by atoms with van der Waals surface area (Å²) in [5.74, 6) is -0.921. The Morgan fingerprint density at radius 1 is 1.44 bits per heavy atom. The van der Waals surface area contributed by atoms with Crippen molar-refractivity contribution in [3.63, 3.8) is 0 Å². The molecule has 84 valence electrons. The molecule has 0 aromatic heterocycles. The van der Waals surface area contributed by atoms with Crippen LogP contribution in [0.5, 0.6) is 0 Å². The molecule has 1 aromatic carbocycles. The predicted molar refractivity (Wildman–Crippen MR) is 68.3 cm³/mol. The van der Waals surface area contributed by atoms with Crippen LogP contribution in [0.15, 0.2) is 36.4 Å². The number of aliphatic carboxylic acids is 1. The van der Waals surface area contributed by atoms with Gasteiger partial charge in [0.25, 0.3) is 0 Å². The van der Waals surface area contributed by atoms with Crippen molar-refractivity contribution in [2.45, 2.75) is 13.0 Å². The van der Waals surface area contributed by atoms with Crippen LogP contribution >= 0.6 is 12.2 Å². The number of carboxylic acids is 1. The van der Waals surface area contributed by atoms with Gasteiger partial charge in [0.05, 0.1) is 4.99 Å². The van der Waals surface area contributed by atoms with Gasteiger partial charge in [-0.05, 0) is 18.6 Å². The fourth-order valence-electron chi connectivity index (χ4n) is 1.06. The Kier molecular flexibility index (Phi) is 4.66. The lowest BCUT2D eigenvalue weighted by atomic mass is 10.2. The fraction of sp³-hybridized carbons (Fsp3) is 0.167. The van der Waals surface area contributed by atoms with Crippen LogP contribution in [0.2, 0.25) is 0 Å². The van der Waals surface area contributed by atoms with Gasteiger partial charge in [0.1, 0.15) is 6.04 Å². The summed E-state index contributed by atoms with van der Waals surface area (Å²) in [6.45, 7) is 1.55. The number of thiocarbonyl (C=S) groups is 1. The zero-order valence-electron chi connectivity index (χ0n) is 8.88. The zero-order chi connectivity index (χ0) is 12.0. The third-order valence-corrected chi connectivity index (χ3v) is 2.21. The van der Waals surface area contributed by atoms with Crippen molar-refractivity contribution >= 4 is 29.3 Å². The molecule has 4 heteroatoms. The van der Waals surface area contributed by atoms with Crippen molar-refractivity contribution in [1.82, 2.24) is 5.32 Å². The first kappa shape index (κ1) is 12.4. The molecule has 0 radical (unpaired) electrons. The predicted octanol–water partition coefficient (Wildman–Crippen LogP) is 2.09. The van der Waals surface area contributed by atoms with Crippen LogP contribution in [-0.4, -0.2) is 22.1 Å². The van der Waals surface area contributed by atoms with Gasteiger partial charge in [-0.1, -0.05) is 48.6 Å². The molecule has 0 fully saturated rings. The first-order valence-corrected chi connectivity index (χ1v) is 5.27. The lowest BCUT2D eigenvalue weighted by Crippen LogP contribution is -2.36. The van der Waals surface area contributed by atoms with E-state index in [4.69, 9.17) is 17.3 Å². The first-order valence-electron chi connectivity index (χ1n) is 4.86. The molecule has 0 bridgehead atoms. The van der Waals surface area contributed by atoms with Crippen molar-refractivity contribution < 1.29 is 9.90 Å². The highest BCUT2D eigenvalue weighted by molar-refractivity contribution is 7.80. The summed E-state index contributed by atoms with van der Waals surface area (Å²) in [5, 5.41) is 11.4. The molecular weight excluding hydrogens is 222 g/mol. The van der Waals surface area contributed by atoms with Gasteiger partial charge in [0, 0.05) is 0 Å². The normalized spacial score (nSPS) is 12.3. The second kappa shape index (κ2) is 6.02. The van der Waals surface area contributed by atoms with E-state index in [0.29, 0.717) is 4.99 Å². The Hall–Kier alpha value is -1.68. The maximum Gasteiger partial charge on any atom is 0.325 e. The smallest absolute Gasteiger partial charge is 0.325 e. The lowest BCUT2D eigenvalue weighted by molar-refractivity contribution is -0.138. The molecule has 0 aliphatic rings. The lowest BCUT2D eigenvalue weighted by Gasteiger charge is -2.08. The molecule has 16 heavy (non-hydrogen) atoms. The quantitative estimate of drug-likeness (QED) is 0.620. The first-order chi connectivity index (χ1) is 7.59. The molecule has 1 aromatic rings. The largest absolute Gasteiger partial charge is 0.480 e. The molecule has 0 aliphatic carbocycles. The van der Waals surface area contributed by atoms with E-state index in [2.05, 4.69) is 5.32 Å². The number of benzene rings is 1. The molecule has 0 amide bonds. The van der Waals surface area contributed by atoms with Gasteiger partial charge in [-0.2, -0.15) is 0 Å². The second-order valence-electron chi connectivity index (χ2n) is 3.31. The van der Waals surface area contributed by atoms with E-state index >= 15 is 0 Å². The third-order valence-electron chi connectivity index (χ3n) is 1.96. The van der Waals surface area contributed by atoms with Gasteiger partial charge in [-0.3, -0.25) is 4.79 Å². The van der Waals surface area contributed by atoms with E-state index in [1.54, 1.807) is 13.0 Å². The topological polar surface area (TPSA) is 49.3 Å². The average molecular weight is 235 g/mol.